The highest BCUT2D eigenvalue weighted by atomic mass is 16.5. The van der Waals surface area contributed by atoms with E-state index in [0.717, 1.165) is 51.4 Å². The summed E-state index contributed by atoms with van der Waals surface area (Å²) in [4.78, 5) is 27.5. The summed E-state index contributed by atoms with van der Waals surface area (Å²) >= 11 is 0. The second-order valence-electron chi connectivity index (χ2n) is 14.3. The van der Waals surface area contributed by atoms with Gasteiger partial charge >= 0.3 is 5.97 Å². The zero-order valence-corrected chi connectivity index (χ0v) is 23.4. The number of rotatable bonds is 3. The highest BCUT2D eigenvalue weighted by Crippen LogP contribution is 2.79. The summed E-state index contributed by atoms with van der Waals surface area (Å²) in [6, 6.07) is 17.8. The Morgan fingerprint density at radius 1 is 0.821 bits per heavy atom. The van der Waals surface area contributed by atoms with Crippen molar-refractivity contribution in [3.05, 3.63) is 70.8 Å². The van der Waals surface area contributed by atoms with Crippen LogP contribution in [0.4, 0.5) is 0 Å². The maximum absolute atomic E-state index is 14.5. The van der Waals surface area contributed by atoms with Gasteiger partial charge in [0.15, 0.2) is 0 Å². The summed E-state index contributed by atoms with van der Waals surface area (Å²) in [5, 5.41) is 3.40. The maximum atomic E-state index is 14.5. The smallest absolute Gasteiger partial charge is 0.310 e. The number of allylic oxidation sites excluding steroid dienone is 2. The van der Waals surface area contributed by atoms with Gasteiger partial charge in [0.25, 0.3) is 0 Å². The molecular weight excluding hydrogens is 482 g/mol. The van der Waals surface area contributed by atoms with E-state index in [9.17, 15) is 9.59 Å². The van der Waals surface area contributed by atoms with Crippen molar-refractivity contribution in [2.45, 2.75) is 96.1 Å². The van der Waals surface area contributed by atoms with Gasteiger partial charge < -0.3 is 10.1 Å². The number of esters is 1. The molecule has 9 rings (SSSR count). The average Bonchev–Trinajstić information content (AvgIpc) is 3.40. The van der Waals surface area contributed by atoms with Crippen molar-refractivity contribution in [3.8, 4) is 0 Å². The molecule has 0 radical (unpaired) electrons. The third-order valence-electron chi connectivity index (χ3n) is 11.5. The number of benzene rings is 2. The first kappa shape index (κ1) is 24.0. The van der Waals surface area contributed by atoms with Gasteiger partial charge in [-0.3, -0.25) is 9.59 Å². The summed E-state index contributed by atoms with van der Waals surface area (Å²) < 4.78 is 6.71. The van der Waals surface area contributed by atoms with Gasteiger partial charge in [-0.05, 0) is 83.8 Å². The SMILES string of the molecule is CC(C)(C)C(=O)N[C@@H]1CCC[C@@]12CCC[C@H]2OC(=O)[C@H]1[C@H]2C3=C(c4ccccc43)[C@H](c3ccccc32)C12CC2. The molecule has 2 bridgehead atoms. The minimum absolute atomic E-state index is 0.0102. The molecule has 2 aromatic carbocycles. The molecular formula is C35H39NO3. The number of ether oxygens (including phenoxy) is 1. The number of fused-ring (bicyclic) bond motifs is 1. The lowest BCUT2D eigenvalue weighted by Gasteiger charge is -2.55. The first-order chi connectivity index (χ1) is 18.8. The molecule has 4 heteroatoms. The highest BCUT2D eigenvalue weighted by molar-refractivity contribution is 6.12. The van der Waals surface area contributed by atoms with Crippen LogP contribution in [0.1, 0.15) is 106 Å². The van der Waals surface area contributed by atoms with Crippen LogP contribution >= 0.6 is 0 Å². The van der Waals surface area contributed by atoms with Crippen LogP contribution in [0, 0.1) is 22.2 Å². The van der Waals surface area contributed by atoms with Crippen LogP contribution in [-0.4, -0.2) is 24.0 Å². The van der Waals surface area contributed by atoms with Gasteiger partial charge in [0.2, 0.25) is 5.91 Å². The van der Waals surface area contributed by atoms with Crippen molar-refractivity contribution in [1.82, 2.24) is 5.32 Å². The predicted molar refractivity (Wildman–Crippen MR) is 152 cm³/mol. The molecule has 0 unspecified atom stereocenters. The Hall–Kier alpha value is -2.88. The Balaban J connectivity index is 1.14. The molecule has 7 aliphatic rings. The zero-order chi connectivity index (χ0) is 26.7. The van der Waals surface area contributed by atoms with Gasteiger partial charge in [-0.25, -0.2) is 0 Å². The van der Waals surface area contributed by atoms with E-state index >= 15 is 0 Å². The van der Waals surface area contributed by atoms with E-state index in [4.69, 9.17) is 4.74 Å². The fraction of sp³-hybridized carbons (Fsp3) is 0.543. The molecule has 0 aromatic heterocycles. The average molecular weight is 522 g/mol. The molecule has 2 spiro atoms. The minimum Gasteiger partial charge on any atom is -0.461 e. The summed E-state index contributed by atoms with van der Waals surface area (Å²) in [5.74, 6) is 0.387. The third kappa shape index (κ3) is 3.06. The molecule has 2 aromatic rings. The van der Waals surface area contributed by atoms with Gasteiger partial charge in [0, 0.05) is 28.7 Å². The van der Waals surface area contributed by atoms with Gasteiger partial charge in [0.05, 0.1) is 5.92 Å². The van der Waals surface area contributed by atoms with Crippen LogP contribution in [-0.2, 0) is 14.3 Å². The van der Waals surface area contributed by atoms with Gasteiger partial charge in [-0.15, -0.1) is 0 Å². The first-order valence-electron chi connectivity index (χ1n) is 15.2. The van der Waals surface area contributed by atoms with Crippen molar-refractivity contribution < 1.29 is 14.3 Å². The van der Waals surface area contributed by atoms with Gasteiger partial charge in [-0.1, -0.05) is 75.7 Å². The fourth-order valence-corrected chi connectivity index (χ4v) is 9.59. The monoisotopic (exact) mass is 521 g/mol. The molecule has 0 heterocycles. The summed E-state index contributed by atoms with van der Waals surface area (Å²) in [7, 11) is 0. The molecule has 6 atom stereocenters. The van der Waals surface area contributed by atoms with E-state index in [1.165, 1.54) is 33.4 Å². The van der Waals surface area contributed by atoms with Crippen molar-refractivity contribution in [3.63, 3.8) is 0 Å². The van der Waals surface area contributed by atoms with Crippen LogP contribution in [0.5, 0.6) is 0 Å². The Bertz CT molecular complexity index is 1440. The summed E-state index contributed by atoms with van der Waals surface area (Å²) in [6.45, 7) is 5.92. The molecule has 1 amide bonds. The van der Waals surface area contributed by atoms with Crippen molar-refractivity contribution >= 4 is 23.0 Å². The highest BCUT2D eigenvalue weighted by Gasteiger charge is 2.70. The largest absolute Gasteiger partial charge is 0.461 e. The van der Waals surface area contributed by atoms with Crippen LogP contribution in [0.2, 0.25) is 0 Å². The quantitative estimate of drug-likeness (QED) is 0.443. The summed E-state index contributed by atoms with van der Waals surface area (Å²) in [6.07, 6.45) is 8.20. The lowest BCUT2D eigenvalue weighted by molar-refractivity contribution is -0.164. The lowest BCUT2D eigenvalue weighted by Crippen LogP contribution is -2.53. The Labute approximate surface area is 231 Å². The van der Waals surface area contributed by atoms with E-state index in [1.807, 2.05) is 20.8 Å². The van der Waals surface area contributed by atoms with Crippen LogP contribution in [0.3, 0.4) is 0 Å². The molecule has 0 aliphatic heterocycles. The molecule has 0 saturated heterocycles. The van der Waals surface area contributed by atoms with Crippen LogP contribution < -0.4 is 5.32 Å². The summed E-state index contributed by atoms with van der Waals surface area (Å²) in [5.41, 5.74) is 7.88. The van der Waals surface area contributed by atoms with Crippen molar-refractivity contribution in [1.29, 1.82) is 0 Å². The van der Waals surface area contributed by atoms with E-state index in [0.29, 0.717) is 5.92 Å². The number of nitrogens with one attached hydrogen (secondary N) is 1. The standard InChI is InChI=1S/C35H39NO3/c1-33(2,3)32(38)36-24-14-8-16-34(24)17-9-15-25(34)39-31(37)30-28-22-12-6-7-13-23(22)29(35(30)18-19-35)27-21-11-5-4-10-20(21)26(27)28/h4-7,10-13,24-25,28-30H,8-9,14-19H2,1-3H3,(H,36,38)/t24-,25-,28-,29+,30-,34-/m1/s1. The second kappa shape index (κ2) is 7.86. The van der Waals surface area contributed by atoms with Gasteiger partial charge in [-0.2, -0.15) is 0 Å². The van der Waals surface area contributed by atoms with E-state index in [2.05, 4.69) is 53.8 Å². The molecule has 3 saturated carbocycles. The number of hydrogen-bond acceptors (Lipinski definition) is 3. The second-order valence-corrected chi connectivity index (χ2v) is 14.3. The lowest BCUT2D eigenvalue weighted by atomic mass is 9.47. The van der Waals surface area contributed by atoms with E-state index < -0.39 is 5.41 Å². The Morgan fingerprint density at radius 2 is 1.46 bits per heavy atom. The topological polar surface area (TPSA) is 55.4 Å². The van der Waals surface area contributed by atoms with E-state index in [1.54, 1.807) is 0 Å². The van der Waals surface area contributed by atoms with E-state index in [-0.39, 0.29) is 46.7 Å². The predicted octanol–water partition coefficient (Wildman–Crippen LogP) is 7.00. The Morgan fingerprint density at radius 3 is 2.15 bits per heavy atom. The molecule has 4 nitrogen and oxygen atoms in total. The number of carbonyl (C=O) groups excluding carboxylic acids is 2. The molecule has 202 valence electrons. The molecule has 3 fully saturated rings. The zero-order valence-electron chi connectivity index (χ0n) is 23.4. The fourth-order valence-electron chi connectivity index (χ4n) is 9.59. The molecule has 39 heavy (non-hydrogen) atoms. The number of carbonyl (C=O) groups is 2. The third-order valence-corrected chi connectivity index (χ3v) is 11.5. The molecule has 7 aliphatic carbocycles. The molecule has 1 N–H and O–H groups in total. The number of hydrogen-bond donors (Lipinski definition) is 1. The maximum Gasteiger partial charge on any atom is 0.310 e. The normalized spacial score (nSPS) is 34.4. The van der Waals surface area contributed by atoms with Gasteiger partial charge in [0.1, 0.15) is 6.10 Å². The number of amides is 1. The van der Waals surface area contributed by atoms with Crippen molar-refractivity contribution in [2.24, 2.45) is 22.2 Å². The Kier molecular flexibility index (Phi) is 4.83. The van der Waals surface area contributed by atoms with Crippen LogP contribution in [0.25, 0.3) is 11.1 Å². The first-order valence-corrected chi connectivity index (χ1v) is 15.2. The van der Waals surface area contributed by atoms with Crippen molar-refractivity contribution in [2.75, 3.05) is 0 Å². The minimum atomic E-state index is -0.424. The van der Waals surface area contributed by atoms with Crippen LogP contribution in [0.15, 0.2) is 48.5 Å².